The van der Waals surface area contributed by atoms with Gasteiger partial charge in [-0.1, -0.05) is 41.5 Å². The summed E-state index contributed by atoms with van der Waals surface area (Å²) in [4.78, 5) is 17.0. The van der Waals surface area contributed by atoms with Crippen LogP contribution in [0.3, 0.4) is 0 Å². The van der Waals surface area contributed by atoms with Gasteiger partial charge in [0.05, 0.1) is 85.3 Å². The first-order valence-electron chi connectivity index (χ1n) is 23.8. The van der Waals surface area contributed by atoms with Gasteiger partial charge in [0, 0.05) is 70.2 Å². The van der Waals surface area contributed by atoms with Crippen molar-refractivity contribution in [2.24, 2.45) is 41.4 Å². The molecule has 0 amide bonds. The SMILES string of the molecule is COC1CCC(OC2C(C)C(CC3CC(OC)C(C)C4(O3)OC(C)(C3CCC(C5CCC(C6OC(C)(O)C(C)CC6C)O5)O3)C(OC)C4C)OC(C(C)C(=O)OO)C2C)OC1C. The minimum absolute atomic E-state index is 0.00297. The monoisotopic (exact) mass is 885 g/mol. The zero-order valence-corrected chi connectivity index (χ0v) is 39.7. The molecule has 0 aromatic rings. The van der Waals surface area contributed by atoms with Crippen molar-refractivity contribution in [1.29, 1.82) is 0 Å². The van der Waals surface area contributed by atoms with Gasteiger partial charge in [0.1, 0.15) is 5.60 Å². The van der Waals surface area contributed by atoms with Gasteiger partial charge in [-0.25, -0.2) is 4.79 Å². The Morgan fingerprint density at radius 1 is 0.758 bits per heavy atom. The third kappa shape index (κ3) is 9.04. The molecule has 2 N–H and O–H groups in total. The van der Waals surface area contributed by atoms with Gasteiger partial charge < -0.3 is 62.1 Å². The van der Waals surface area contributed by atoms with Crippen LogP contribution in [0.2, 0.25) is 0 Å². The van der Waals surface area contributed by atoms with Crippen LogP contribution in [-0.4, -0.2) is 140 Å². The van der Waals surface area contributed by atoms with E-state index in [4.69, 9.17) is 52.1 Å². The summed E-state index contributed by atoms with van der Waals surface area (Å²) in [7, 11) is 5.18. The van der Waals surface area contributed by atoms with Crippen LogP contribution >= 0.6 is 0 Å². The highest BCUT2D eigenvalue weighted by molar-refractivity contribution is 5.72. The molecule has 1 spiro atoms. The smallest absolute Gasteiger partial charge is 0.347 e. The Hall–Kier alpha value is -1.05. The van der Waals surface area contributed by atoms with Crippen molar-refractivity contribution >= 4 is 5.97 Å². The molecule has 0 aromatic carbocycles. The van der Waals surface area contributed by atoms with Crippen LogP contribution in [0.4, 0.5) is 0 Å². The Morgan fingerprint density at radius 3 is 2.10 bits per heavy atom. The molecule has 0 aromatic heterocycles. The summed E-state index contributed by atoms with van der Waals surface area (Å²) in [6.07, 6.45) is 3.29. The predicted octanol–water partition coefficient (Wildman–Crippen LogP) is 6.43. The molecule has 7 aliphatic heterocycles. The van der Waals surface area contributed by atoms with Crippen molar-refractivity contribution in [3.05, 3.63) is 0 Å². The molecule has 15 heteroatoms. The van der Waals surface area contributed by atoms with E-state index in [2.05, 4.69) is 39.5 Å². The van der Waals surface area contributed by atoms with E-state index in [-0.39, 0.29) is 109 Å². The van der Waals surface area contributed by atoms with Crippen molar-refractivity contribution in [2.75, 3.05) is 21.3 Å². The minimum atomic E-state index is -1.17. The minimum Gasteiger partial charge on any atom is -0.381 e. The Labute approximate surface area is 370 Å². The van der Waals surface area contributed by atoms with Crippen molar-refractivity contribution in [3.63, 3.8) is 0 Å². The van der Waals surface area contributed by atoms with Crippen LogP contribution in [0.15, 0.2) is 0 Å². The van der Waals surface area contributed by atoms with Crippen LogP contribution in [0.5, 0.6) is 0 Å². The normalized spacial score (nSPS) is 53.0. The highest BCUT2D eigenvalue weighted by Crippen LogP contribution is 2.57. The number of hydrogen-bond acceptors (Lipinski definition) is 15. The third-order valence-corrected chi connectivity index (χ3v) is 16.9. The fraction of sp³-hybridized carbons (Fsp3) is 0.979. The summed E-state index contributed by atoms with van der Waals surface area (Å²) in [6, 6.07) is 0. The van der Waals surface area contributed by atoms with Crippen LogP contribution in [0.25, 0.3) is 0 Å². The lowest BCUT2D eigenvalue weighted by Crippen LogP contribution is -2.59. The first-order valence-corrected chi connectivity index (χ1v) is 23.8. The van der Waals surface area contributed by atoms with Gasteiger partial charge in [-0.15, -0.1) is 0 Å². The second-order valence-electron chi connectivity index (χ2n) is 20.8. The molecule has 358 valence electrons. The van der Waals surface area contributed by atoms with E-state index < -0.39 is 41.5 Å². The molecule has 0 bridgehead atoms. The molecule has 7 heterocycles. The van der Waals surface area contributed by atoms with Crippen LogP contribution in [-0.2, 0) is 61.8 Å². The molecule has 0 aliphatic carbocycles. The van der Waals surface area contributed by atoms with Crippen LogP contribution < -0.4 is 0 Å². The summed E-state index contributed by atoms with van der Waals surface area (Å²) in [5.74, 6) is -4.11. The van der Waals surface area contributed by atoms with E-state index in [9.17, 15) is 15.2 Å². The van der Waals surface area contributed by atoms with Gasteiger partial charge in [0.25, 0.3) is 0 Å². The number of methoxy groups -OCH3 is 3. The molecule has 0 saturated carbocycles. The number of hydrogen-bond donors (Lipinski definition) is 2. The average molecular weight is 885 g/mol. The van der Waals surface area contributed by atoms with Crippen LogP contribution in [0, 0.1) is 41.4 Å². The molecular weight excluding hydrogens is 805 g/mol. The maximum Gasteiger partial charge on any atom is 0.347 e. The van der Waals surface area contributed by atoms with Crippen molar-refractivity contribution in [3.8, 4) is 0 Å². The number of ether oxygens (including phenoxy) is 11. The molecule has 7 fully saturated rings. The van der Waals surface area contributed by atoms with E-state index in [0.717, 1.165) is 38.5 Å². The van der Waals surface area contributed by atoms with E-state index >= 15 is 0 Å². The number of aliphatic hydroxyl groups is 1. The summed E-state index contributed by atoms with van der Waals surface area (Å²) >= 11 is 0. The first kappa shape index (κ1) is 48.9. The number of carbonyl (C=O) groups is 1. The largest absolute Gasteiger partial charge is 0.381 e. The maximum atomic E-state index is 12.8. The third-order valence-electron chi connectivity index (χ3n) is 16.9. The summed E-state index contributed by atoms with van der Waals surface area (Å²) < 4.78 is 72.8. The van der Waals surface area contributed by atoms with Crippen molar-refractivity contribution in [2.45, 2.75) is 230 Å². The lowest BCUT2D eigenvalue weighted by Gasteiger charge is -2.52. The molecular formula is C47H80O15. The molecule has 62 heavy (non-hydrogen) atoms. The Bertz CT molecular complexity index is 1500. The fourth-order valence-electron chi connectivity index (χ4n) is 12.9. The molecule has 0 radical (unpaired) electrons. The Balaban J connectivity index is 1.07. The van der Waals surface area contributed by atoms with E-state index in [1.165, 1.54) is 0 Å². The standard InChI is InChI=1S/C47H80O15/c1-23-20-24(2)46(10,49)60-40(23)35-15-14-33(55-35)34-16-18-38(56-34)45(9)43(53-13)29(7)47(62-45)28(6)37(52-12)22-31(59-47)21-36-25(3)41(26(4)42(57-36)27(5)44(48)61-50)58-39-19-17-32(51-11)30(8)54-39/h23-43,49-50H,14-22H2,1-13H3. The molecule has 7 saturated heterocycles. The predicted molar refractivity (Wildman–Crippen MR) is 225 cm³/mol. The zero-order chi connectivity index (χ0) is 45.1. The molecule has 24 unspecified atom stereocenters. The maximum absolute atomic E-state index is 12.8. The topological polar surface area (TPSA) is 168 Å². The highest BCUT2D eigenvalue weighted by atomic mass is 17.1. The molecule has 24 atom stereocenters. The molecule has 15 nitrogen and oxygen atoms in total. The quantitative estimate of drug-likeness (QED) is 0.162. The van der Waals surface area contributed by atoms with Gasteiger partial charge in [-0.05, 0) is 72.1 Å². The Morgan fingerprint density at radius 2 is 1.44 bits per heavy atom. The highest BCUT2D eigenvalue weighted by Gasteiger charge is 2.69. The van der Waals surface area contributed by atoms with E-state index in [0.29, 0.717) is 19.3 Å². The van der Waals surface area contributed by atoms with E-state index in [1.807, 2.05) is 20.8 Å². The van der Waals surface area contributed by atoms with Gasteiger partial charge in [-0.2, -0.15) is 5.26 Å². The fourth-order valence-corrected chi connectivity index (χ4v) is 12.9. The second-order valence-corrected chi connectivity index (χ2v) is 20.8. The first-order chi connectivity index (χ1) is 29.3. The van der Waals surface area contributed by atoms with Crippen molar-refractivity contribution < 1.29 is 72.2 Å². The second kappa shape index (κ2) is 19.3. The lowest BCUT2D eigenvalue weighted by atomic mass is 9.75. The van der Waals surface area contributed by atoms with Gasteiger partial charge in [-0.3, -0.25) is 0 Å². The number of rotatable bonds is 12. The summed E-state index contributed by atoms with van der Waals surface area (Å²) in [5, 5.41) is 20.4. The average Bonchev–Trinajstić information content (AvgIpc) is 3.98. The molecule has 7 aliphatic rings. The van der Waals surface area contributed by atoms with E-state index in [1.54, 1.807) is 35.2 Å². The Kier molecular flexibility index (Phi) is 15.2. The summed E-state index contributed by atoms with van der Waals surface area (Å²) in [6.45, 7) is 20.2. The van der Waals surface area contributed by atoms with Gasteiger partial charge in [0.15, 0.2) is 17.9 Å². The van der Waals surface area contributed by atoms with Gasteiger partial charge in [0.2, 0.25) is 0 Å². The zero-order valence-electron chi connectivity index (χ0n) is 39.7. The van der Waals surface area contributed by atoms with Crippen LogP contribution in [0.1, 0.15) is 127 Å². The molecule has 7 rings (SSSR count). The lowest BCUT2D eigenvalue weighted by molar-refractivity contribution is -0.353. The van der Waals surface area contributed by atoms with Crippen molar-refractivity contribution in [1.82, 2.24) is 0 Å². The van der Waals surface area contributed by atoms with Gasteiger partial charge >= 0.3 is 5.97 Å². The number of carbonyl (C=O) groups excluding carboxylic acids is 1. The summed E-state index contributed by atoms with van der Waals surface area (Å²) in [5.41, 5.74) is -0.849.